The Bertz CT molecular complexity index is 906. The Morgan fingerprint density at radius 3 is 2.86 bits per heavy atom. The molecule has 1 saturated heterocycles. The predicted molar refractivity (Wildman–Crippen MR) is 106 cm³/mol. The van der Waals surface area contributed by atoms with Gasteiger partial charge in [-0.2, -0.15) is 4.98 Å². The lowest BCUT2D eigenvalue weighted by molar-refractivity contribution is 0.190. The number of aryl methyl sites for hydroxylation is 2. The molecule has 0 saturated carbocycles. The average molecular weight is 406 g/mol. The molecule has 1 aromatic carbocycles. The molecule has 0 bridgehead atoms. The molecule has 150 valence electrons. The smallest absolute Gasteiger partial charge is 0.258 e. The third-order valence-electron chi connectivity index (χ3n) is 4.90. The maximum Gasteiger partial charge on any atom is 0.258 e. The van der Waals surface area contributed by atoms with Crippen molar-refractivity contribution in [1.82, 2.24) is 25.5 Å². The quantitative estimate of drug-likeness (QED) is 0.693. The molecule has 2 aromatic heterocycles. The lowest BCUT2D eigenvalue weighted by Crippen LogP contribution is -2.44. The van der Waals surface area contributed by atoms with Gasteiger partial charge in [0.25, 0.3) is 5.89 Å². The molecule has 9 heteroatoms. The lowest BCUT2D eigenvalue weighted by atomic mass is 10.2. The molecule has 1 aliphatic heterocycles. The second kappa shape index (κ2) is 8.72. The van der Waals surface area contributed by atoms with Gasteiger partial charge in [-0.3, -0.25) is 4.90 Å². The summed E-state index contributed by atoms with van der Waals surface area (Å²) in [6.45, 7) is 6.94. The van der Waals surface area contributed by atoms with Gasteiger partial charge in [-0.15, -0.1) is 12.4 Å². The number of piperazine rings is 1. The van der Waals surface area contributed by atoms with Crippen LogP contribution < -0.4 is 10.1 Å². The van der Waals surface area contributed by atoms with Crippen LogP contribution in [0.3, 0.4) is 0 Å². The molecule has 0 spiro atoms. The summed E-state index contributed by atoms with van der Waals surface area (Å²) in [5.41, 5.74) is 2.64. The van der Waals surface area contributed by atoms with E-state index in [9.17, 15) is 0 Å². The molecular formula is C19H24ClN5O3. The van der Waals surface area contributed by atoms with Gasteiger partial charge in [0, 0.05) is 25.2 Å². The van der Waals surface area contributed by atoms with Gasteiger partial charge in [0.05, 0.1) is 17.3 Å². The molecule has 0 amide bonds. The largest absolute Gasteiger partial charge is 0.489 e. The number of nitrogens with zero attached hydrogens (tertiary/aromatic N) is 4. The molecule has 0 radical (unpaired) electrons. The van der Waals surface area contributed by atoms with Crippen molar-refractivity contribution < 1.29 is 13.8 Å². The van der Waals surface area contributed by atoms with Crippen molar-refractivity contribution in [3.8, 4) is 17.2 Å². The highest BCUT2D eigenvalue weighted by atomic mass is 35.5. The molecule has 4 rings (SSSR count). The first-order chi connectivity index (χ1) is 13.1. The van der Waals surface area contributed by atoms with Crippen molar-refractivity contribution in [2.45, 2.75) is 26.5 Å². The summed E-state index contributed by atoms with van der Waals surface area (Å²) in [6.07, 6.45) is 0. The van der Waals surface area contributed by atoms with Gasteiger partial charge in [0.2, 0.25) is 0 Å². The van der Waals surface area contributed by atoms with Crippen LogP contribution in [0.2, 0.25) is 0 Å². The molecule has 3 aromatic rings. The second-order valence-electron chi connectivity index (χ2n) is 6.78. The van der Waals surface area contributed by atoms with Gasteiger partial charge >= 0.3 is 0 Å². The van der Waals surface area contributed by atoms with Crippen LogP contribution in [0.1, 0.15) is 28.9 Å². The number of ether oxygens (including phenoxy) is 1. The number of hydrogen-bond acceptors (Lipinski definition) is 8. The first-order valence-electron chi connectivity index (χ1n) is 9.01. The predicted octanol–water partition coefficient (Wildman–Crippen LogP) is 2.92. The Hall–Kier alpha value is -2.42. The van der Waals surface area contributed by atoms with Crippen molar-refractivity contribution in [3.05, 3.63) is 47.1 Å². The summed E-state index contributed by atoms with van der Waals surface area (Å²) in [5, 5.41) is 11.5. The number of rotatable bonds is 5. The fourth-order valence-corrected chi connectivity index (χ4v) is 3.16. The Balaban J connectivity index is 0.00000225. The van der Waals surface area contributed by atoms with Gasteiger partial charge in [0.15, 0.2) is 5.82 Å². The number of hydrogen-bond donors (Lipinski definition) is 1. The van der Waals surface area contributed by atoms with E-state index in [0.717, 1.165) is 48.0 Å². The van der Waals surface area contributed by atoms with E-state index in [1.54, 1.807) is 0 Å². The number of aromatic nitrogens is 3. The highest BCUT2D eigenvalue weighted by molar-refractivity contribution is 5.85. The summed E-state index contributed by atoms with van der Waals surface area (Å²) in [6, 6.07) is 7.77. The number of halogens is 1. The van der Waals surface area contributed by atoms with Crippen molar-refractivity contribution in [2.75, 3.05) is 26.7 Å². The Labute approximate surface area is 169 Å². The normalized spacial score (nSPS) is 17.3. The molecule has 0 aliphatic carbocycles. The maximum atomic E-state index is 5.91. The van der Waals surface area contributed by atoms with Crippen LogP contribution >= 0.6 is 12.4 Å². The number of likely N-dealkylation sites (N-methyl/N-ethyl adjacent to an activating group) is 1. The van der Waals surface area contributed by atoms with Crippen LogP contribution in [-0.2, 0) is 6.61 Å². The van der Waals surface area contributed by atoms with E-state index in [-0.39, 0.29) is 18.4 Å². The Kier molecular flexibility index (Phi) is 6.33. The fraction of sp³-hybridized carbons (Fsp3) is 0.421. The van der Waals surface area contributed by atoms with E-state index in [2.05, 4.69) is 32.6 Å². The lowest BCUT2D eigenvalue weighted by Gasteiger charge is -2.30. The van der Waals surface area contributed by atoms with Crippen molar-refractivity contribution in [3.63, 3.8) is 0 Å². The summed E-state index contributed by atoms with van der Waals surface area (Å²) < 4.78 is 16.6. The molecule has 1 N–H and O–H groups in total. The van der Waals surface area contributed by atoms with Crippen LogP contribution in [0.15, 0.2) is 33.3 Å². The van der Waals surface area contributed by atoms with E-state index >= 15 is 0 Å². The molecule has 1 unspecified atom stereocenters. The summed E-state index contributed by atoms with van der Waals surface area (Å²) in [4.78, 5) is 6.82. The molecule has 8 nitrogen and oxygen atoms in total. The van der Waals surface area contributed by atoms with Crippen molar-refractivity contribution in [1.29, 1.82) is 0 Å². The molecule has 3 heterocycles. The molecule has 1 fully saturated rings. The standard InChI is InChI=1S/C19H23N5O3.ClH/c1-12-16(13(2)26-22-12)11-25-15-6-4-5-14(9-15)19-21-18(23-27-19)17-10-20-7-8-24(17)3;/h4-6,9,17,20H,7-8,10-11H2,1-3H3;1H. The van der Waals surface area contributed by atoms with Crippen LogP contribution in [-0.4, -0.2) is 46.9 Å². The monoisotopic (exact) mass is 405 g/mol. The molecule has 28 heavy (non-hydrogen) atoms. The Morgan fingerprint density at radius 2 is 2.11 bits per heavy atom. The first-order valence-corrected chi connectivity index (χ1v) is 9.01. The topological polar surface area (TPSA) is 89.5 Å². The van der Waals surface area contributed by atoms with Crippen LogP contribution in [0, 0.1) is 13.8 Å². The minimum atomic E-state index is 0. The van der Waals surface area contributed by atoms with Gasteiger partial charge in [-0.25, -0.2) is 0 Å². The van der Waals surface area contributed by atoms with Crippen molar-refractivity contribution >= 4 is 12.4 Å². The molecule has 1 aliphatic rings. The molecular weight excluding hydrogens is 382 g/mol. The van der Waals surface area contributed by atoms with E-state index in [0.29, 0.717) is 18.3 Å². The third-order valence-corrected chi connectivity index (χ3v) is 4.90. The number of nitrogens with one attached hydrogen (secondary N) is 1. The summed E-state index contributed by atoms with van der Waals surface area (Å²) in [7, 11) is 2.07. The van der Waals surface area contributed by atoms with E-state index < -0.39 is 0 Å². The van der Waals surface area contributed by atoms with Crippen LogP contribution in [0.5, 0.6) is 5.75 Å². The zero-order chi connectivity index (χ0) is 18.8. The average Bonchev–Trinajstić information content (AvgIpc) is 3.28. The zero-order valence-corrected chi connectivity index (χ0v) is 17.0. The van der Waals surface area contributed by atoms with Gasteiger partial charge in [-0.05, 0) is 39.1 Å². The highest BCUT2D eigenvalue weighted by Gasteiger charge is 2.25. The minimum absolute atomic E-state index is 0. The van der Waals surface area contributed by atoms with Gasteiger partial charge < -0.3 is 19.1 Å². The Morgan fingerprint density at radius 1 is 1.25 bits per heavy atom. The van der Waals surface area contributed by atoms with Gasteiger partial charge in [0.1, 0.15) is 18.1 Å². The fourth-order valence-electron chi connectivity index (χ4n) is 3.16. The number of benzene rings is 1. The van der Waals surface area contributed by atoms with E-state index in [1.807, 2.05) is 38.1 Å². The summed E-state index contributed by atoms with van der Waals surface area (Å²) in [5.74, 6) is 2.69. The minimum Gasteiger partial charge on any atom is -0.489 e. The molecule has 1 atom stereocenters. The summed E-state index contributed by atoms with van der Waals surface area (Å²) >= 11 is 0. The highest BCUT2D eigenvalue weighted by Crippen LogP contribution is 2.26. The first kappa shape index (κ1) is 20.3. The van der Waals surface area contributed by atoms with E-state index in [1.165, 1.54) is 0 Å². The van der Waals surface area contributed by atoms with Crippen molar-refractivity contribution in [2.24, 2.45) is 0 Å². The van der Waals surface area contributed by atoms with Gasteiger partial charge in [-0.1, -0.05) is 16.4 Å². The SMILES string of the molecule is Cc1noc(C)c1COc1cccc(-c2nc(C3CNCCN3C)no2)c1.Cl. The second-order valence-corrected chi connectivity index (χ2v) is 6.78. The van der Waals surface area contributed by atoms with Crippen LogP contribution in [0.4, 0.5) is 0 Å². The maximum absolute atomic E-state index is 5.91. The van der Waals surface area contributed by atoms with E-state index in [4.69, 9.17) is 13.8 Å². The zero-order valence-electron chi connectivity index (χ0n) is 16.1. The van der Waals surface area contributed by atoms with Crippen LogP contribution in [0.25, 0.3) is 11.5 Å². The third kappa shape index (κ3) is 4.19.